The Balaban J connectivity index is 2.70. The van der Waals surface area contributed by atoms with E-state index in [9.17, 15) is 4.79 Å². The summed E-state index contributed by atoms with van der Waals surface area (Å²) in [5.41, 5.74) is 0.781. The lowest BCUT2D eigenvalue weighted by atomic mass is 10.1. The number of aromatic nitrogens is 1. The van der Waals surface area contributed by atoms with Crippen molar-refractivity contribution in [1.29, 1.82) is 0 Å². The Morgan fingerprint density at radius 3 is 2.68 bits per heavy atom. The molecule has 1 aromatic carbocycles. The third-order valence-corrected chi connectivity index (χ3v) is 2.68. The van der Waals surface area contributed by atoms with Crippen LogP contribution in [0.4, 0.5) is 0 Å². The van der Waals surface area contributed by atoms with Crippen LogP contribution in [0.1, 0.15) is 17.4 Å². The maximum Gasteiger partial charge on any atom is 0.356 e. The second-order valence-electron chi connectivity index (χ2n) is 3.79. The van der Waals surface area contributed by atoms with E-state index in [1.807, 2.05) is 19.1 Å². The van der Waals surface area contributed by atoms with E-state index in [4.69, 9.17) is 9.47 Å². The molecule has 19 heavy (non-hydrogen) atoms. The highest BCUT2D eigenvalue weighted by Crippen LogP contribution is 2.31. The molecule has 0 radical (unpaired) electrons. The summed E-state index contributed by atoms with van der Waals surface area (Å²) in [6.07, 6.45) is 0. The molecular weight excluding hydrogens is 246 g/mol. The van der Waals surface area contributed by atoms with E-state index in [0.29, 0.717) is 23.6 Å². The number of ether oxygens (including phenoxy) is 3. The molecule has 1 heterocycles. The molecule has 0 saturated carbocycles. The van der Waals surface area contributed by atoms with Crippen molar-refractivity contribution in [2.75, 3.05) is 20.8 Å². The predicted octanol–water partition coefficient (Wildman–Crippen LogP) is 2.43. The molecule has 0 aliphatic rings. The summed E-state index contributed by atoms with van der Waals surface area (Å²) in [5.74, 6) is 0.669. The first kappa shape index (κ1) is 13.1. The summed E-state index contributed by atoms with van der Waals surface area (Å²) >= 11 is 0. The van der Waals surface area contributed by atoms with Gasteiger partial charge in [-0.2, -0.15) is 0 Å². The number of rotatable bonds is 4. The number of methoxy groups -OCH3 is 2. The van der Waals surface area contributed by atoms with E-state index in [1.54, 1.807) is 19.2 Å². The van der Waals surface area contributed by atoms with Crippen molar-refractivity contribution in [2.45, 2.75) is 6.92 Å². The first-order valence-corrected chi connectivity index (χ1v) is 5.90. The molecule has 1 aromatic heterocycles. The molecule has 0 aliphatic carbocycles. The Morgan fingerprint density at radius 2 is 2.05 bits per heavy atom. The van der Waals surface area contributed by atoms with E-state index >= 15 is 0 Å². The van der Waals surface area contributed by atoms with Crippen LogP contribution in [0.2, 0.25) is 0 Å². The van der Waals surface area contributed by atoms with Crippen LogP contribution in [0.15, 0.2) is 24.3 Å². The summed E-state index contributed by atoms with van der Waals surface area (Å²) in [6, 6.07) is 7.09. The lowest BCUT2D eigenvalue weighted by molar-refractivity contribution is 0.0594. The minimum absolute atomic E-state index is 0.194. The van der Waals surface area contributed by atoms with E-state index < -0.39 is 5.97 Å². The van der Waals surface area contributed by atoms with Gasteiger partial charge in [-0.1, -0.05) is 6.07 Å². The third kappa shape index (κ3) is 2.45. The highest BCUT2D eigenvalue weighted by molar-refractivity contribution is 5.96. The second-order valence-corrected chi connectivity index (χ2v) is 3.79. The van der Waals surface area contributed by atoms with Crippen LogP contribution >= 0.6 is 0 Å². The molecule has 0 aliphatic heterocycles. The van der Waals surface area contributed by atoms with E-state index in [-0.39, 0.29) is 5.69 Å². The van der Waals surface area contributed by atoms with Crippen LogP contribution < -0.4 is 9.47 Å². The van der Waals surface area contributed by atoms with Crippen LogP contribution in [-0.2, 0) is 4.74 Å². The zero-order chi connectivity index (χ0) is 13.8. The van der Waals surface area contributed by atoms with Crippen molar-refractivity contribution in [3.63, 3.8) is 0 Å². The van der Waals surface area contributed by atoms with Gasteiger partial charge < -0.3 is 14.2 Å². The van der Waals surface area contributed by atoms with Gasteiger partial charge in [0, 0.05) is 11.5 Å². The highest BCUT2D eigenvalue weighted by atomic mass is 16.5. The lowest BCUT2D eigenvalue weighted by Gasteiger charge is -2.11. The summed E-state index contributed by atoms with van der Waals surface area (Å²) < 4.78 is 15.5. The zero-order valence-corrected chi connectivity index (χ0v) is 11.1. The van der Waals surface area contributed by atoms with Crippen molar-refractivity contribution in [2.24, 2.45) is 0 Å². The zero-order valence-electron chi connectivity index (χ0n) is 11.1. The van der Waals surface area contributed by atoms with Crippen LogP contribution in [0.25, 0.3) is 10.9 Å². The second kappa shape index (κ2) is 5.56. The molecule has 0 unspecified atom stereocenters. The summed E-state index contributed by atoms with van der Waals surface area (Å²) in [5, 5.41) is 0.793. The van der Waals surface area contributed by atoms with Crippen LogP contribution in [0, 0.1) is 0 Å². The molecule has 0 spiro atoms. The summed E-state index contributed by atoms with van der Waals surface area (Å²) in [6.45, 7) is 2.41. The first-order valence-electron chi connectivity index (χ1n) is 5.90. The van der Waals surface area contributed by atoms with Crippen LogP contribution in [0.3, 0.4) is 0 Å². The van der Waals surface area contributed by atoms with Crippen LogP contribution in [-0.4, -0.2) is 31.8 Å². The average Bonchev–Trinajstić information content (AvgIpc) is 2.46. The molecule has 0 amide bonds. The minimum atomic E-state index is -0.508. The number of benzene rings is 1. The normalized spacial score (nSPS) is 10.3. The number of nitrogens with zero attached hydrogens (tertiary/aromatic N) is 1. The van der Waals surface area contributed by atoms with Gasteiger partial charge in [0.25, 0.3) is 0 Å². The van der Waals surface area contributed by atoms with Crippen LogP contribution in [0.5, 0.6) is 11.5 Å². The van der Waals surface area contributed by atoms with Gasteiger partial charge in [0.05, 0.1) is 20.8 Å². The number of hydrogen-bond donors (Lipinski definition) is 0. The molecule has 0 bridgehead atoms. The lowest BCUT2D eigenvalue weighted by Crippen LogP contribution is -2.06. The van der Waals surface area contributed by atoms with Gasteiger partial charge in [0.2, 0.25) is 0 Å². The number of hydrogen-bond acceptors (Lipinski definition) is 5. The number of esters is 1. The molecule has 2 aromatic rings. The van der Waals surface area contributed by atoms with Gasteiger partial charge in [0.15, 0.2) is 5.69 Å². The Labute approximate surface area is 111 Å². The highest BCUT2D eigenvalue weighted by Gasteiger charge is 2.15. The van der Waals surface area contributed by atoms with Crippen molar-refractivity contribution < 1.29 is 19.0 Å². The SMILES string of the molecule is CCOc1cccc2c(OC)cc(C(=O)OC)nc12. The Kier molecular flexibility index (Phi) is 3.85. The van der Waals surface area contributed by atoms with E-state index in [1.165, 1.54) is 7.11 Å². The number of pyridine rings is 1. The molecule has 0 saturated heterocycles. The number of carbonyl (C=O) groups is 1. The number of carbonyl (C=O) groups excluding carboxylic acids is 1. The first-order chi connectivity index (χ1) is 9.21. The third-order valence-electron chi connectivity index (χ3n) is 2.68. The smallest absolute Gasteiger partial charge is 0.356 e. The summed E-state index contributed by atoms with van der Waals surface area (Å²) in [4.78, 5) is 15.9. The fraction of sp³-hybridized carbons (Fsp3) is 0.286. The monoisotopic (exact) mass is 261 g/mol. The standard InChI is InChI=1S/C14H15NO4/c1-4-19-11-7-5-6-9-12(17-2)8-10(14(16)18-3)15-13(9)11/h5-8H,4H2,1-3H3. The fourth-order valence-electron chi connectivity index (χ4n) is 1.84. The maximum atomic E-state index is 11.6. The molecule has 0 atom stereocenters. The van der Waals surface area contributed by atoms with Gasteiger partial charge in [-0.25, -0.2) is 9.78 Å². The van der Waals surface area contributed by atoms with Gasteiger partial charge in [-0.15, -0.1) is 0 Å². The molecule has 5 nitrogen and oxygen atoms in total. The van der Waals surface area contributed by atoms with Gasteiger partial charge in [-0.3, -0.25) is 0 Å². The Bertz CT molecular complexity index is 610. The molecule has 2 rings (SSSR count). The van der Waals surface area contributed by atoms with Crippen molar-refractivity contribution >= 4 is 16.9 Å². The predicted molar refractivity (Wildman–Crippen MR) is 70.8 cm³/mol. The number of fused-ring (bicyclic) bond motifs is 1. The Hall–Kier alpha value is -2.30. The van der Waals surface area contributed by atoms with Crippen molar-refractivity contribution in [3.05, 3.63) is 30.0 Å². The summed E-state index contributed by atoms with van der Waals surface area (Å²) in [7, 11) is 2.86. The van der Waals surface area contributed by atoms with Gasteiger partial charge in [-0.05, 0) is 19.1 Å². The minimum Gasteiger partial charge on any atom is -0.496 e. The van der Waals surface area contributed by atoms with E-state index in [2.05, 4.69) is 9.72 Å². The average molecular weight is 261 g/mol. The molecule has 0 fully saturated rings. The van der Waals surface area contributed by atoms with Crippen molar-refractivity contribution in [3.8, 4) is 11.5 Å². The largest absolute Gasteiger partial charge is 0.496 e. The van der Waals surface area contributed by atoms with Gasteiger partial charge >= 0.3 is 5.97 Å². The van der Waals surface area contributed by atoms with Gasteiger partial charge in [0.1, 0.15) is 17.0 Å². The molecule has 0 N–H and O–H groups in total. The molecule has 5 heteroatoms. The molecule has 100 valence electrons. The fourth-order valence-corrected chi connectivity index (χ4v) is 1.84. The Morgan fingerprint density at radius 1 is 1.26 bits per heavy atom. The van der Waals surface area contributed by atoms with Crippen molar-refractivity contribution in [1.82, 2.24) is 4.98 Å². The van der Waals surface area contributed by atoms with E-state index in [0.717, 1.165) is 5.39 Å². The quantitative estimate of drug-likeness (QED) is 0.791. The maximum absolute atomic E-state index is 11.6. The topological polar surface area (TPSA) is 57.7 Å². The molecular formula is C14H15NO4. The number of para-hydroxylation sites is 1.